The second-order valence-electron chi connectivity index (χ2n) is 4.62. The van der Waals surface area contributed by atoms with Crippen molar-refractivity contribution in [3.05, 3.63) is 18.7 Å². The molecule has 90 valence electrons. The summed E-state index contributed by atoms with van der Waals surface area (Å²) in [4.78, 5) is 6.56. The van der Waals surface area contributed by atoms with Crippen LogP contribution in [0.2, 0.25) is 0 Å². The first-order valence-corrected chi connectivity index (χ1v) is 6.23. The zero-order valence-electron chi connectivity index (χ0n) is 10.1. The van der Waals surface area contributed by atoms with Crippen LogP contribution < -0.4 is 5.32 Å². The molecule has 2 rings (SSSR count). The molecule has 0 unspecified atom stereocenters. The third-order valence-electron chi connectivity index (χ3n) is 3.42. The summed E-state index contributed by atoms with van der Waals surface area (Å²) in [5, 5.41) is 3.41. The van der Waals surface area contributed by atoms with Crippen molar-refractivity contribution in [2.45, 2.75) is 31.8 Å². The molecule has 1 saturated heterocycles. The summed E-state index contributed by atoms with van der Waals surface area (Å²) in [6.07, 6.45) is 9.56. The standard InChI is InChI=1S/C12H22N4/c1-15(12-3-5-13-6-4-12)8-2-9-16-10-7-14-11-16/h7,10-13H,2-6,8-9H2,1H3. The monoisotopic (exact) mass is 222 g/mol. The first-order chi connectivity index (χ1) is 7.86. The number of imidazole rings is 1. The molecule has 1 aromatic rings. The molecule has 0 bridgehead atoms. The second-order valence-corrected chi connectivity index (χ2v) is 4.62. The van der Waals surface area contributed by atoms with Gasteiger partial charge in [-0.3, -0.25) is 0 Å². The van der Waals surface area contributed by atoms with E-state index in [1.54, 1.807) is 0 Å². The van der Waals surface area contributed by atoms with Gasteiger partial charge in [0.1, 0.15) is 0 Å². The number of hydrogen-bond acceptors (Lipinski definition) is 3. The molecule has 4 heteroatoms. The molecule has 0 amide bonds. The van der Waals surface area contributed by atoms with Gasteiger partial charge in [0, 0.05) is 25.0 Å². The molecular weight excluding hydrogens is 200 g/mol. The predicted octanol–water partition coefficient (Wildman–Crippen LogP) is 0.957. The fourth-order valence-corrected chi connectivity index (χ4v) is 2.35. The molecule has 1 aromatic heterocycles. The highest BCUT2D eigenvalue weighted by atomic mass is 15.1. The van der Waals surface area contributed by atoms with E-state index in [2.05, 4.69) is 26.8 Å². The van der Waals surface area contributed by atoms with Crippen LogP contribution in [-0.4, -0.2) is 47.2 Å². The topological polar surface area (TPSA) is 33.1 Å². The van der Waals surface area contributed by atoms with Gasteiger partial charge in [-0.2, -0.15) is 0 Å². The van der Waals surface area contributed by atoms with E-state index in [1.807, 2.05) is 18.7 Å². The van der Waals surface area contributed by atoms with Crippen molar-refractivity contribution in [2.75, 3.05) is 26.7 Å². The average Bonchev–Trinajstić information content (AvgIpc) is 2.83. The van der Waals surface area contributed by atoms with Gasteiger partial charge in [-0.05, 0) is 45.9 Å². The van der Waals surface area contributed by atoms with E-state index >= 15 is 0 Å². The lowest BCUT2D eigenvalue weighted by Gasteiger charge is -2.31. The van der Waals surface area contributed by atoms with Gasteiger partial charge in [-0.25, -0.2) is 4.98 Å². The van der Waals surface area contributed by atoms with Crippen LogP contribution >= 0.6 is 0 Å². The van der Waals surface area contributed by atoms with Crippen LogP contribution in [-0.2, 0) is 6.54 Å². The Morgan fingerprint density at radius 2 is 2.25 bits per heavy atom. The lowest BCUT2D eigenvalue weighted by atomic mass is 10.1. The van der Waals surface area contributed by atoms with E-state index in [1.165, 1.54) is 38.9 Å². The summed E-state index contributed by atoms with van der Waals surface area (Å²) >= 11 is 0. The molecule has 0 aliphatic carbocycles. The van der Waals surface area contributed by atoms with Crippen molar-refractivity contribution in [3.8, 4) is 0 Å². The van der Waals surface area contributed by atoms with Crippen molar-refractivity contribution in [1.29, 1.82) is 0 Å². The number of aromatic nitrogens is 2. The van der Waals surface area contributed by atoms with Crippen molar-refractivity contribution in [3.63, 3.8) is 0 Å². The van der Waals surface area contributed by atoms with E-state index in [0.717, 1.165) is 12.6 Å². The maximum atomic E-state index is 4.05. The maximum absolute atomic E-state index is 4.05. The van der Waals surface area contributed by atoms with Gasteiger partial charge in [0.15, 0.2) is 0 Å². The Morgan fingerprint density at radius 3 is 2.94 bits per heavy atom. The van der Waals surface area contributed by atoms with Gasteiger partial charge in [0.05, 0.1) is 6.33 Å². The summed E-state index contributed by atoms with van der Waals surface area (Å²) in [5.74, 6) is 0. The van der Waals surface area contributed by atoms with E-state index < -0.39 is 0 Å². The molecule has 0 spiro atoms. The SMILES string of the molecule is CN(CCCn1ccnc1)C1CCNCC1. The Hall–Kier alpha value is -0.870. The average molecular weight is 222 g/mol. The molecule has 0 aromatic carbocycles. The quantitative estimate of drug-likeness (QED) is 0.805. The zero-order chi connectivity index (χ0) is 11.2. The van der Waals surface area contributed by atoms with E-state index in [-0.39, 0.29) is 0 Å². The molecule has 1 aliphatic heterocycles. The molecular formula is C12H22N4. The highest BCUT2D eigenvalue weighted by Gasteiger charge is 2.16. The summed E-state index contributed by atoms with van der Waals surface area (Å²) < 4.78 is 2.15. The highest BCUT2D eigenvalue weighted by molar-refractivity contribution is 4.77. The normalized spacial score (nSPS) is 18.1. The molecule has 1 N–H and O–H groups in total. The number of nitrogens with one attached hydrogen (secondary N) is 1. The fourth-order valence-electron chi connectivity index (χ4n) is 2.35. The molecule has 4 nitrogen and oxygen atoms in total. The fraction of sp³-hybridized carbons (Fsp3) is 0.750. The lowest BCUT2D eigenvalue weighted by molar-refractivity contribution is 0.194. The van der Waals surface area contributed by atoms with Crippen molar-refractivity contribution >= 4 is 0 Å². The molecule has 0 atom stereocenters. The van der Waals surface area contributed by atoms with E-state index in [0.29, 0.717) is 0 Å². The van der Waals surface area contributed by atoms with Gasteiger partial charge in [-0.15, -0.1) is 0 Å². The molecule has 16 heavy (non-hydrogen) atoms. The Morgan fingerprint density at radius 1 is 1.44 bits per heavy atom. The third kappa shape index (κ3) is 3.32. The molecule has 0 radical (unpaired) electrons. The van der Waals surface area contributed by atoms with Crippen LogP contribution in [0.4, 0.5) is 0 Å². The largest absolute Gasteiger partial charge is 0.337 e. The number of aryl methyl sites for hydroxylation is 1. The predicted molar refractivity (Wildman–Crippen MR) is 65.4 cm³/mol. The van der Waals surface area contributed by atoms with Crippen LogP contribution in [0.25, 0.3) is 0 Å². The summed E-state index contributed by atoms with van der Waals surface area (Å²) in [6, 6.07) is 0.782. The number of hydrogen-bond donors (Lipinski definition) is 1. The number of rotatable bonds is 5. The van der Waals surface area contributed by atoms with E-state index in [4.69, 9.17) is 0 Å². The first kappa shape index (κ1) is 11.6. The van der Waals surface area contributed by atoms with Crippen LogP contribution in [0.15, 0.2) is 18.7 Å². The van der Waals surface area contributed by atoms with Crippen LogP contribution in [0.5, 0.6) is 0 Å². The van der Waals surface area contributed by atoms with Gasteiger partial charge < -0.3 is 14.8 Å². The summed E-state index contributed by atoms with van der Waals surface area (Å²) in [7, 11) is 2.25. The first-order valence-electron chi connectivity index (χ1n) is 6.23. The Kier molecular flexibility index (Phi) is 4.36. The van der Waals surface area contributed by atoms with Crippen molar-refractivity contribution in [2.24, 2.45) is 0 Å². The smallest absolute Gasteiger partial charge is 0.0945 e. The van der Waals surface area contributed by atoms with Crippen molar-refractivity contribution in [1.82, 2.24) is 19.8 Å². The number of nitrogens with zero attached hydrogens (tertiary/aromatic N) is 3. The summed E-state index contributed by atoms with van der Waals surface area (Å²) in [5.41, 5.74) is 0. The van der Waals surface area contributed by atoms with Crippen molar-refractivity contribution < 1.29 is 0 Å². The lowest BCUT2D eigenvalue weighted by Crippen LogP contribution is -2.41. The summed E-state index contributed by atoms with van der Waals surface area (Å²) in [6.45, 7) is 4.62. The zero-order valence-corrected chi connectivity index (χ0v) is 10.1. The third-order valence-corrected chi connectivity index (χ3v) is 3.42. The van der Waals surface area contributed by atoms with E-state index in [9.17, 15) is 0 Å². The van der Waals surface area contributed by atoms with Crippen LogP contribution in [0.1, 0.15) is 19.3 Å². The Bertz CT molecular complexity index is 277. The molecule has 1 aliphatic rings. The minimum Gasteiger partial charge on any atom is -0.337 e. The van der Waals surface area contributed by atoms with Gasteiger partial charge in [-0.1, -0.05) is 0 Å². The van der Waals surface area contributed by atoms with Gasteiger partial charge in [0.2, 0.25) is 0 Å². The molecule has 2 heterocycles. The Labute approximate surface area is 97.7 Å². The van der Waals surface area contributed by atoms with Gasteiger partial charge >= 0.3 is 0 Å². The number of piperidine rings is 1. The van der Waals surface area contributed by atoms with Gasteiger partial charge in [0.25, 0.3) is 0 Å². The minimum atomic E-state index is 0.782. The molecule has 0 saturated carbocycles. The van der Waals surface area contributed by atoms with Crippen LogP contribution in [0.3, 0.4) is 0 Å². The molecule has 1 fully saturated rings. The van der Waals surface area contributed by atoms with Crippen LogP contribution in [0, 0.1) is 0 Å². The maximum Gasteiger partial charge on any atom is 0.0945 e. The minimum absolute atomic E-state index is 0.782. The Balaban J connectivity index is 1.65. The second kappa shape index (κ2) is 6.01. The highest BCUT2D eigenvalue weighted by Crippen LogP contribution is 2.10.